The third-order valence-electron chi connectivity index (χ3n) is 7.40. The Balaban J connectivity index is 1.28. The molecule has 3 heterocycles. The van der Waals surface area contributed by atoms with Gasteiger partial charge in [0, 0.05) is 56.9 Å². The zero-order chi connectivity index (χ0) is 24.5. The van der Waals surface area contributed by atoms with Gasteiger partial charge < -0.3 is 14.7 Å². The van der Waals surface area contributed by atoms with E-state index in [2.05, 4.69) is 16.0 Å². The number of anilines is 1. The molecular weight excluding hydrogens is 480 g/mol. The van der Waals surface area contributed by atoms with Crippen LogP contribution < -0.4 is 4.90 Å². The van der Waals surface area contributed by atoms with Crippen LogP contribution in [0, 0.1) is 0 Å². The standard InChI is InChI=1S/C27H29ClN4O2S/c1-30(20-9-14-32(15-10-20)21-7-12-29-13-8-21)26(33)19-4-3-18-5-6-24(22(18)17-19)31(2)27(34)25-23(28)11-16-35-25/h3-4,7-8,11-13,16-17,20,24H,5-6,9-10,14-15H2,1-2H3. The predicted octanol–water partition coefficient (Wildman–Crippen LogP) is 5.30. The van der Waals surface area contributed by atoms with Crippen LogP contribution in [0.3, 0.4) is 0 Å². The van der Waals surface area contributed by atoms with Gasteiger partial charge in [0.1, 0.15) is 4.88 Å². The molecule has 6 nitrogen and oxygen atoms in total. The molecule has 1 unspecified atom stereocenters. The average Bonchev–Trinajstić information content (AvgIpc) is 3.53. The van der Waals surface area contributed by atoms with Crippen LogP contribution in [-0.2, 0) is 6.42 Å². The van der Waals surface area contributed by atoms with E-state index in [9.17, 15) is 9.59 Å². The SMILES string of the molecule is CN(C(=O)c1ccc2c(c1)C(N(C)C(=O)c1sccc1Cl)CC2)C1CCN(c2ccncc2)CC1. The topological polar surface area (TPSA) is 56.8 Å². The molecule has 5 rings (SSSR count). The van der Waals surface area contributed by atoms with Gasteiger partial charge >= 0.3 is 0 Å². The molecule has 2 aromatic heterocycles. The average molecular weight is 509 g/mol. The van der Waals surface area contributed by atoms with E-state index in [0.717, 1.165) is 44.3 Å². The smallest absolute Gasteiger partial charge is 0.265 e. The molecule has 0 spiro atoms. The van der Waals surface area contributed by atoms with Crippen molar-refractivity contribution in [3.63, 3.8) is 0 Å². The number of aromatic nitrogens is 1. The van der Waals surface area contributed by atoms with Crippen LogP contribution in [-0.4, -0.2) is 59.8 Å². The van der Waals surface area contributed by atoms with E-state index in [4.69, 9.17) is 11.6 Å². The summed E-state index contributed by atoms with van der Waals surface area (Å²) in [6, 6.07) is 12.0. The fourth-order valence-electron chi connectivity index (χ4n) is 5.30. The molecule has 0 N–H and O–H groups in total. The van der Waals surface area contributed by atoms with Crippen molar-refractivity contribution >= 4 is 40.4 Å². The number of fused-ring (bicyclic) bond motifs is 1. The van der Waals surface area contributed by atoms with Crippen LogP contribution in [0.25, 0.3) is 0 Å². The van der Waals surface area contributed by atoms with Crippen LogP contribution in [0.4, 0.5) is 5.69 Å². The Labute approximate surface area is 215 Å². The van der Waals surface area contributed by atoms with Crippen LogP contribution >= 0.6 is 22.9 Å². The minimum atomic E-state index is -0.0716. The summed E-state index contributed by atoms with van der Waals surface area (Å²) in [5.41, 5.74) is 4.14. The number of halogens is 1. The van der Waals surface area contributed by atoms with Crippen molar-refractivity contribution in [3.05, 3.63) is 80.8 Å². The van der Waals surface area contributed by atoms with Gasteiger partial charge in [-0.05, 0) is 72.5 Å². The lowest BCUT2D eigenvalue weighted by Gasteiger charge is -2.38. The molecule has 1 aliphatic carbocycles. The van der Waals surface area contributed by atoms with Gasteiger partial charge in [0.2, 0.25) is 0 Å². The Kier molecular flexibility index (Phi) is 6.80. The summed E-state index contributed by atoms with van der Waals surface area (Å²) in [7, 11) is 3.74. The lowest BCUT2D eigenvalue weighted by Crippen LogP contribution is -2.45. The largest absolute Gasteiger partial charge is 0.371 e. The molecule has 0 saturated carbocycles. The first-order valence-electron chi connectivity index (χ1n) is 12.0. The van der Waals surface area contributed by atoms with Crippen molar-refractivity contribution in [3.8, 4) is 0 Å². The lowest BCUT2D eigenvalue weighted by atomic mass is 10.00. The first-order chi connectivity index (χ1) is 16.9. The molecule has 1 fully saturated rings. The molecule has 35 heavy (non-hydrogen) atoms. The second-order valence-corrected chi connectivity index (χ2v) is 10.6. The van der Waals surface area contributed by atoms with E-state index >= 15 is 0 Å². The minimum Gasteiger partial charge on any atom is -0.371 e. The van der Waals surface area contributed by atoms with Crippen LogP contribution in [0.15, 0.2) is 54.2 Å². The van der Waals surface area contributed by atoms with Crippen molar-refractivity contribution in [2.75, 3.05) is 32.1 Å². The Hall–Kier alpha value is -2.90. The Morgan fingerprint density at radius 3 is 2.43 bits per heavy atom. The van der Waals surface area contributed by atoms with Crippen molar-refractivity contribution in [2.45, 2.75) is 37.8 Å². The quantitative estimate of drug-likeness (QED) is 0.469. The minimum absolute atomic E-state index is 0.0380. The molecule has 0 bridgehead atoms. The highest BCUT2D eigenvalue weighted by Crippen LogP contribution is 2.38. The van der Waals surface area contributed by atoms with Crippen LogP contribution in [0.5, 0.6) is 0 Å². The molecule has 1 aromatic carbocycles. The number of rotatable bonds is 5. The summed E-state index contributed by atoms with van der Waals surface area (Å²) in [5.74, 6) is -0.0336. The van der Waals surface area contributed by atoms with Crippen molar-refractivity contribution in [2.24, 2.45) is 0 Å². The zero-order valence-corrected chi connectivity index (χ0v) is 21.6. The van der Waals surface area contributed by atoms with Gasteiger partial charge in [-0.1, -0.05) is 17.7 Å². The number of carbonyl (C=O) groups excluding carboxylic acids is 2. The highest BCUT2D eigenvalue weighted by atomic mass is 35.5. The van der Waals surface area contributed by atoms with Crippen LogP contribution in [0.1, 0.15) is 56.5 Å². The van der Waals surface area contributed by atoms with Crippen molar-refractivity contribution in [1.29, 1.82) is 0 Å². The summed E-state index contributed by atoms with van der Waals surface area (Å²) in [6.07, 6.45) is 7.24. The predicted molar refractivity (Wildman–Crippen MR) is 140 cm³/mol. The van der Waals surface area contributed by atoms with Crippen LogP contribution in [0.2, 0.25) is 5.02 Å². The molecule has 2 amide bonds. The van der Waals surface area contributed by atoms with E-state index in [1.165, 1.54) is 22.6 Å². The normalized spacial score (nSPS) is 17.8. The van der Waals surface area contributed by atoms with E-state index in [1.54, 1.807) is 11.0 Å². The van der Waals surface area contributed by atoms with Gasteiger partial charge in [0.15, 0.2) is 0 Å². The summed E-state index contributed by atoms with van der Waals surface area (Å²) in [4.78, 5) is 37.2. The number of amides is 2. The van der Waals surface area contributed by atoms with Gasteiger partial charge in [-0.15, -0.1) is 11.3 Å². The molecule has 1 atom stereocenters. The number of aryl methyl sites for hydroxylation is 1. The Morgan fingerprint density at radius 1 is 1.00 bits per heavy atom. The highest BCUT2D eigenvalue weighted by Gasteiger charge is 2.32. The number of hydrogen-bond acceptors (Lipinski definition) is 5. The van der Waals surface area contributed by atoms with Gasteiger partial charge in [0.25, 0.3) is 11.8 Å². The maximum Gasteiger partial charge on any atom is 0.265 e. The summed E-state index contributed by atoms with van der Waals surface area (Å²) in [6.45, 7) is 1.83. The van der Waals surface area contributed by atoms with E-state index < -0.39 is 0 Å². The second kappa shape index (κ2) is 9.99. The van der Waals surface area contributed by atoms with Gasteiger partial charge in [-0.2, -0.15) is 0 Å². The van der Waals surface area contributed by atoms with E-state index in [0.29, 0.717) is 15.5 Å². The third-order valence-corrected chi connectivity index (χ3v) is 8.73. The number of piperidine rings is 1. The summed E-state index contributed by atoms with van der Waals surface area (Å²) < 4.78 is 0. The molecular formula is C27H29ClN4O2S. The summed E-state index contributed by atoms with van der Waals surface area (Å²) >= 11 is 7.57. The molecule has 3 aromatic rings. The molecule has 1 saturated heterocycles. The first-order valence-corrected chi connectivity index (χ1v) is 13.2. The first kappa shape index (κ1) is 23.8. The van der Waals surface area contributed by atoms with Gasteiger partial charge in [-0.25, -0.2) is 0 Å². The number of hydrogen-bond donors (Lipinski definition) is 0. The second-order valence-electron chi connectivity index (χ2n) is 9.32. The number of benzene rings is 1. The summed E-state index contributed by atoms with van der Waals surface area (Å²) in [5, 5.41) is 2.32. The van der Waals surface area contributed by atoms with Crippen molar-refractivity contribution in [1.82, 2.24) is 14.8 Å². The number of thiophene rings is 1. The number of nitrogens with zero attached hydrogens (tertiary/aromatic N) is 4. The highest BCUT2D eigenvalue weighted by molar-refractivity contribution is 7.12. The molecule has 2 aliphatic rings. The Bertz CT molecular complexity index is 1220. The van der Waals surface area contributed by atoms with E-state index in [-0.39, 0.29) is 23.9 Å². The number of carbonyl (C=O) groups is 2. The molecule has 0 radical (unpaired) electrons. The fraction of sp³-hybridized carbons (Fsp3) is 0.370. The molecule has 182 valence electrons. The maximum atomic E-state index is 13.4. The third kappa shape index (κ3) is 4.67. The monoisotopic (exact) mass is 508 g/mol. The fourth-order valence-corrected chi connectivity index (χ4v) is 6.42. The maximum absolute atomic E-state index is 13.4. The molecule has 1 aliphatic heterocycles. The lowest BCUT2D eigenvalue weighted by molar-refractivity contribution is 0.0709. The van der Waals surface area contributed by atoms with Gasteiger partial charge in [-0.3, -0.25) is 14.6 Å². The van der Waals surface area contributed by atoms with E-state index in [1.807, 2.05) is 61.0 Å². The Morgan fingerprint density at radius 2 is 1.74 bits per heavy atom. The van der Waals surface area contributed by atoms with Gasteiger partial charge in [0.05, 0.1) is 11.1 Å². The molecule has 8 heteroatoms. The zero-order valence-electron chi connectivity index (χ0n) is 20.0. The van der Waals surface area contributed by atoms with Crippen molar-refractivity contribution < 1.29 is 9.59 Å². The number of pyridine rings is 1.